The number of hydrogen-bond donors (Lipinski definition) is 3. The Morgan fingerprint density at radius 1 is 0.886 bits per heavy atom. The zero-order valence-electron chi connectivity index (χ0n) is 18.6. The first kappa shape index (κ1) is 22.0. The van der Waals surface area contributed by atoms with Crippen LogP contribution in [0.1, 0.15) is 49.1 Å². The van der Waals surface area contributed by atoms with Crippen LogP contribution >= 0.6 is 0 Å². The molecule has 3 aromatic carbocycles. The highest BCUT2D eigenvalue weighted by Gasteiger charge is 2.43. The highest BCUT2D eigenvalue weighted by molar-refractivity contribution is 6.22. The van der Waals surface area contributed by atoms with Crippen molar-refractivity contribution in [2.24, 2.45) is 0 Å². The summed E-state index contributed by atoms with van der Waals surface area (Å²) in [6.45, 7) is 1.71. The number of imide groups is 2. The molecule has 2 aliphatic heterocycles. The molecule has 9 heteroatoms. The molecule has 1 unspecified atom stereocenters. The van der Waals surface area contributed by atoms with Crippen LogP contribution in [0, 0.1) is 0 Å². The van der Waals surface area contributed by atoms with Gasteiger partial charge in [0.25, 0.3) is 23.6 Å². The lowest BCUT2D eigenvalue weighted by Gasteiger charge is -2.21. The molecule has 2 heterocycles. The third kappa shape index (κ3) is 3.82. The van der Waals surface area contributed by atoms with Crippen molar-refractivity contribution in [2.45, 2.75) is 19.0 Å². The van der Waals surface area contributed by atoms with E-state index in [4.69, 9.17) is 0 Å². The second kappa shape index (κ2) is 8.21. The first-order valence-corrected chi connectivity index (χ1v) is 10.9. The summed E-state index contributed by atoms with van der Waals surface area (Å²) >= 11 is 0. The van der Waals surface area contributed by atoms with E-state index in [1.165, 1.54) is 18.2 Å². The Morgan fingerprint density at radius 2 is 1.63 bits per heavy atom. The molecule has 9 nitrogen and oxygen atoms in total. The van der Waals surface area contributed by atoms with E-state index in [1.54, 1.807) is 31.2 Å². The van der Waals surface area contributed by atoms with Gasteiger partial charge in [-0.05, 0) is 48.4 Å². The topological polar surface area (TPSA) is 125 Å². The molecule has 3 N–H and O–H groups in total. The van der Waals surface area contributed by atoms with Crippen molar-refractivity contribution >= 4 is 35.3 Å². The number of amides is 6. The minimum Gasteiger partial charge on any atom is -0.322 e. The van der Waals surface area contributed by atoms with Crippen molar-refractivity contribution < 1.29 is 24.0 Å². The van der Waals surface area contributed by atoms with Crippen LogP contribution in [-0.2, 0) is 16.9 Å². The van der Waals surface area contributed by atoms with Crippen LogP contribution < -0.4 is 16.0 Å². The number of urea groups is 1. The first-order chi connectivity index (χ1) is 16.8. The molecule has 5 rings (SSSR count). The van der Waals surface area contributed by atoms with E-state index in [9.17, 15) is 24.0 Å². The Bertz CT molecular complexity index is 1420. The quantitative estimate of drug-likeness (QED) is 0.392. The van der Waals surface area contributed by atoms with Gasteiger partial charge in [-0.1, -0.05) is 42.5 Å². The third-order valence-electron chi connectivity index (χ3n) is 6.16. The number of benzene rings is 3. The Hall–Kier alpha value is -4.79. The molecule has 1 saturated heterocycles. The summed E-state index contributed by atoms with van der Waals surface area (Å²) in [5.41, 5.74) is 1.07. The van der Waals surface area contributed by atoms with Crippen molar-refractivity contribution in [3.05, 3.63) is 101 Å². The summed E-state index contributed by atoms with van der Waals surface area (Å²) in [6.07, 6.45) is 0. The van der Waals surface area contributed by atoms with Gasteiger partial charge in [0, 0.05) is 11.3 Å². The number of carbonyl (C=O) groups is 5. The van der Waals surface area contributed by atoms with Gasteiger partial charge in [-0.15, -0.1) is 0 Å². The van der Waals surface area contributed by atoms with Crippen LogP contribution in [0.15, 0.2) is 72.8 Å². The smallest absolute Gasteiger partial charge is 0.322 e. The van der Waals surface area contributed by atoms with Crippen molar-refractivity contribution in [3.63, 3.8) is 0 Å². The average Bonchev–Trinajstić information content (AvgIpc) is 3.26. The largest absolute Gasteiger partial charge is 0.322 e. The molecule has 0 bridgehead atoms. The average molecular weight is 468 g/mol. The van der Waals surface area contributed by atoms with E-state index in [2.05, 4.69) is 16.0 Å². The molecule has 0 aromatic heterocycles. The van der Waals surface area contributed by atoms with E-state index in [-0.39, 0.29) is 23.2 Å². The van der Waals surface area contributed by atoms with E-state index >= 15 is 0 Å². The fourth-order valence-corrected chi connectivity index (χ4v) is 4.20. The summed E-state index contributed by atoms with van der Waals surface area (Å²) in [5, 5.41) is 7.52. The van der Waals surface area contributed by atoms with Crippen LogP contribution in [0.2, 0.25) is 0 Å². The lowest BCUT2D eigenvalue weighted by atomic mass is 9.92. The van der Waals surface area contributed by atoms with Gasteiger partial charge < -0.3 is 10.6 Å². The second-order valence-corrected chi connectivity index (χ2v) is 8.51. The maximum absolute atomic E-state index is 12.9. The summed E-state index contributed by atoms with van der Waals surface area (Å²) in [7, 11) is 0. The van der Waals surface area contributed by atoms with Gasteiger partial charge in [0.15, 0.2) is 0 Å². The Balaban J connectivity index is 1.36. The normalized spacial score (nSPS) is 18.8. The van der Waals surface area contributed by atoms with Crippen molar-refractivity contribution in [1.82, 2.24) is 15.5 Å². The molecule has 0 saturated carbocycles. The number of carbonyl (C=O) groups excluding carboxylic acids is 5. The minimum atomic E-state index is -1.26. The zero-order chi connectivity index (χ0) is 24.7. The van der Waals surface area contributed by atoms with Gasteiger partial charge in [0.2, 0.25) is 0 Å². The molecule has 3 aromatic rings. The molecule has 2 aliphatic rings. The molecule has 35 heavy (non-hydrogen) atoms. The summed E-state index contributed by atoms with van der Waals surface area (Å²) in [6, 6.07) is 19.5. The van der Waals surface area contributed by atoms with Gasteiger partial charge in [-0.2, -0.15) is 0 Å². The predicted octanol–water partition coefficient (Wildman–Crippen LogP) is 2.79. The standard InChI is InChI=1S/C26H20N4O5/c1-26(24(34)28-25(35)29-26)17-8-5-9-18(13-17)27-21(31)16-10-11-19-20(12-16)23(33)30(22(19)32)14-15-6-3-2-4-7-15/h2-13H,14H2,1H3,(H,27,31)(H2,28,29,34,35). The highest BCUT2D eigenvalue weighted by atomic mass is 16.2. The molecular formula is C26H20N4O5. The van der Waals surface area contributed by atoms with Crippen LogP contribution in [0.3, 0.4) is 0 Å². The van der Waals surface area contributed by atoms with Gasteiger partial charge in [-0.3, -0.25) is 29.4 Å². The maximum atomic E-state index is 12.9. The summed E-state index contributed by atoms with van der Waals surface area (Å²) in [5.74, 6) is -1.84. The van der Waals surface area contributed by atoms with E-state index in [0.29, 0.717) is 11.3 Å². The van der Waals surface area contributed by atoms with Crippen molar-refractivity contribution in [3.8, 4) is 0 Å². The van der Waals surface area contributed by atoms with Crippen LogP contribution in [0.5, 0.6) is 0 Å². The number of rotatable bonds is 5. The number of nitrogens with one attached hydrogen (secondary N) is 3. The number of anilines is 1. The zero-order valence-corrected chi connectivity index (χ0v) is 18.6. The van der Waals surface area contributed by atoms with Gasteiger partial charge in [0.05, 0.1) is 17.7 Å². The molecule has 6 amide bonds. The SMILES string of the molecule is CC1(c2cccc(NC(=O)c3ccc4c(c3)C(=O)N(Cc3ccccc3)C4=O)c2)NC(=O)NC1=O. The molecular weight excluding hydrogens is 448 g/mol. The Morgan fingerprint density at radius 3 is 2.34 bits per heavy atom. The van der Waals surface area contributed by atoms with E-state index < -0.39 is 35.2 Å². The van der Waals surface area contributed by atoms with Gasteiger partial charge in [0.1, 0.15) is 5.54 Å². The predicted molar refractivity (Wildman–Crippen MR) is 126 cm³/mol. The van der Waals surface area contributed by atoms with Crippen LogP contribution in [0.25, 0.3) is 0 Å². The van der Waals surface area contributed by atoms with E-state index in [1.807, 2.05) is 30.3 Å². The molecule has 174 valence electrons. The number of nitrogens with zero attached hydrogens (tertiary/aromatic N) is 1. The molecule has 1 fully saturated rings. The Kier molecular flexibility index (Phi) is 5.17. The van der Waals surface area contributed by atoms with Crippen LogP contribution in [-0.4, -0.2) is 34.6 Å². The monoisotopic (exact) mass is 468 g/mol. The molecule has 0 aliphatic carbocycles. The fourth-order valence-electron chi connectivity index (χ4n) is 4.20. The van der Waals surface area contributed by atoms with E-state index in [0.717, 1.165) is 10.5 Å². The number of fused-ring (bicyclic) bond motifs is 1. The second-order valence-electron chi connectivity index (χ2n) is 8.51. The third-order valence-corrected chi connectivity index (χ3v) is 6.16. The summed E-state index contributed by atoms with van der Waals surface area (Å²) < 4.78 is 0. The lowest BCUT2D eigenvalue weighted by Crippen LogP contribution is -2.40. The fraction of sp³-hybridized carbons (Fsp3) is 0.115. The Labute approximate surface area is 200 Å². The maximum Gasteiger partial charge on any atom is 0.322 e. The van der Waals surface area contributed by atoms with Crippen molar-refractivity contribution in [2.75, 3.05) is 5.32 Å². The molecule has 0 spiro atoms. The van der Waals surface area contributed by atoms with Gasteiger partial charge in [-0.25, -0.2) is 4.79 Å². The highest BCUT2D eigenvalue weighted by Crippen LogP contribution is 2.28. The minimum absolute atomic E-state index is 0.143. The number of hydrogen-bond acceptors (Lipinski definition) is 5. The first-order valence-electron chi connectivity index (χ1n) is 10.9. The molecule has 1 atom stereocenters. The summed E-state index contributed by atoms with van der Waals surface area (Å²) in [4.78, 5) is 63.6. The van der Waals surface area contributed by atoms with Gasteiger partial charge >= 0.3 is 6.03 Å². The van der Waals surface area contributed by atoms with Crippen LogP contribution in [0.4, 0.5) is 10.5 Å². The lowest BCUT2D eigenvalue weighted by molar-refractivity contribution is -0.123. The van der Waals surface area contributed by atoms with Crippen molar-refractivity contribution in [1.29, 1.82) is 0 Å². The molecule has 0 radical (unpaired) electrons.